The first-order valence-electron chi connectivity index (χ1n) is 9.50. The molecule has 1 fully saturated rings. The molecular weight excluding hydrogens is 368 g/mol. The number of carbonyl (C=O) groups is 1. The highest BCUT2D eigenvalue weighted by Gasteiger charge is 2.32. The second-order valence-corrected chi connectivity index (χ2v) is 7.77. The van der Waals surface area contributed by atoms with Gasteiger partial charge in [-0.1, -0.05) is 67.6 Å². The molecular formula is C22H24N4OS. The molecule has 28 heavy (non-hydrogen) atoms. The summed E-state index contributed by atoms with van der Waals surface area (Å²) in [5.74, 6) is 0. The number of urea groups is 1. The van der Waals surface area contributed by atoms with E-state index in [0.717, 1.165) is 34.8 Å². The Morgan fingerprint density at radius 1 is 1.00 bits per heavy atom. The lowest BCUT2D eigenvalue weighted by Gasteiger charge is -2.39. The number of amides is 2. The van der Waals surface area contributed by atoms with Crippen molar-refractivity contribution in [2.75, 3.05) is 31.8 Å². The van der Waals surface area contributed by atoms with Crippen molar-refractivity contribution in [3.8, 4) is 11.1 Å². The predicted octanol–water partition coefficient (Wildman–Crippen LogP) is 4.51. The van der Waals surface area contributed by atoms with Crippen LogP contribution >= 0.6 is 11.5 Å². The topological polar surface area (TPSA) is 39.7 Å². The van der Waals surface area contributed by atoms with E-state index in [9.17, 15) is 4.79 Å². The zero-order chi connectivity index (χ0) is 19.5. The second-order valence-electron chi connectivity index (χ2n) is 7.02. The van der Waals surface area contributed by atoms with Gasteiger partial charge in [0.15, 0.2) is 0 Å². The molecule has 0 atom stereocenters. The van der Waals surface area contributed by atoms with Crippen LogP contribution in [0, 0.1) is 0 Å². The molecule has 0 N–H and O–H groups in total. The Morgan fingerprint density at radius 2 is 1.68 bits per heavy atom. The van der Waals surface area contributed by atoms with Gasteiger partial charge in [0.05, 0.1) is 19.0 Å². The minimum Gasteiger partial charge on any atom is -0.314 e. The Labute approximate surface area is 170 Å². The smallest absolute Gasteiger partial charge is 0.314 e. The van der Waals surface area contributed by atoms with Gasteiger partial charge in [-0.3, -0.25) is 9.80 Å². The largest absolute Gasteiger partial charge is 0.327 e. The van der Waals surface area contributed by atoms with Crippen LogP contribution in [0.5, 0.6) is 0 Å². The number of rotatable bonds is 5. The van der Waals surface area contributed by atoms with Crippen LogP contribution in [-0.2, 0) is 6.42 Å². The molecule has 0 spiro atoms. The molecule has 2 heterocycles. The third-order valence-corrected chi connectivity index (χ3v) is 5.93. The zero-order valence-corrected chi connectivity index (χ0v) is 17.0. The Balaban J connectivity index is 1.78. The zero-order valence-electron chi connectivity index (χ0n) is 16.2. The quantitative estimate of drug-likeness (QED) is 0.641. The first-order valence-corrected chi connectivity index (χ1v) is 10.3. The molecule has 2 aromatic carbocycles. The third kappa shape index (κ3) is 3.66. The van der Waals surface area contributed by atoms with E-state index in [1.165, 1.54) is 17.1 Å². The van der Waals surface area contributed by atoms with Crippen LogP contribution in [0.4, 0.5) is 9.80 Å². The van der Waals surface area contributed by atoms with Gasteiger partial charge >= 0.3 is 6.03 Å². The van der Waals surface area contributed by atoms with Gasteiger partial charge in [0.25, 0.3) is 0 Å². The summed E-state index contributed by atoms with van der Waals surface area (Å²) in [6.07, 6.45) is 0.747. The van der Waals surface area contributed by atoms with E-state index < -0.39 is 0 Å². The molecule has 1 aliphatic heterocycles. The number of carbonyl (C=O) groups excluding carboxylic acids is 1. The van der Waals surface area contributed by atoms with E-state index in [4.69, 9.17) is 4.37 Å². The molecule has 0 saturated carbocycles. The molecule has 3 aromatic rings. The molecule has 2 amide bonds. The molecule has 1 aromatic heterocycles. The average Bonchev–Trinajstić information content (AvgIpc) is 3.14. The molecule has 0 unspecified atom stereocenters. The maximum atomic E-state index is 12.9. The van der Waals surface area contributed by atoms with Crippen LogP contribution in [0.2, 0.25) is 0 Å². The van der Waals surface area contributed by atoms with Crippen molar-refractivity contribution in [1.29, 1.82) is 0 Å². The molecule has 0 radical (unpaired) electrons. The Bertz CT molecular complexity index is 942. The van der Waals surface area contributed by atoms with Crippen LogP contribution in [0.15, 0.2) is 60.7 Å². The summed E-state index contributed by atoms with van der Waals surface area (Å²) in [4.78, 5) is 18.8. The molecule has 4 rings (SSSR count). The number of anilines is 1. The highest BCUT2D eigenvalue weighted by molar-refractivity contribution is 7.11. The molecule has 1 saturated heterocycles. The number of hydrogen-bond acceptors (Lipinski definition) is 4. The first kappa shape index (κ1) is 18.7. The number of nitrogens with zero attached hydrogens (tertiary/aromatic N) is 4. The average molecular weight is 393 g/mol. The van der Waals surface area contributed by atoms with Gasteiger partial charge in [0, 0.05) is 19.0 Å². The van der Waals surface area contributed by atoms with E-state index in [2.05, 4.69) is 36.1 Å². The number of aromatic nitrogens is 1. The van der Waals surface area contributed by atoms with Crippen molar-refractivity contribution >= 4 is 22.6 Å². The second kappa shape index (κ2) is 8.12. The summed E-state index contributed by atoms with van der Waals surface area (Å²) in [5.41, 5.74) is 4.39. The van der Waals surface area contributed by atoms with Gasteiger partial charge in [-0.2, -0.15) is 4.37 Å². The minimum atomic E-state index is 0.0248. The highest BCUT2D eigenvalue weighted by atomic mass is 32.1. The van der Waals surface area contributed by atoms with Crippen LogP contribution in [0.25, 0.3) is 11.1 Å². The molecule has 0 bridgehead atoms. The highest BCUT2D eigenvalue weighted by Crippen LogP contribution is 2.39. The fourth-order valence-corrected chi connectivity index (χ4v) is 4.44. The van der Waals surface area contributed by atoms with Crippen LogP contribution < -0.4 is 4.90 Å². The third-order valence-electron chi connectivity index (χ3n) is 5.02. The molecule has 5 nitrogen and oxygen atoms in total. The maximum Gasteiger partial charge on any atom is 0.327 e. The maximum absolute atomic E-state index is 12.9. The first-order chi connectivity index (χ1) is 13.7. The summed E-state index contributed by atoms with van der Waals surface area (Å²) in [5, 5.41) is 0.923. The number of benzene rings is 2. The van der Waals surface area contributed by atoms with Gasteiger partial charge in [0.1, 0.15) is 5.00 Å². The van der Waals surface area contributed by atoms with Gasteiger partial charge in [-0.05, 0) is 29.2 Å². The Hall–Kier alpha value is -2.70. The normalized spacial score (nSPS) is 15.3. The van der Waals surface area contributed by atoms with Gasteiger partial charge in [-0.15, -0.1) is 0 Å². The van der Waals surface area contributed by atoms with E-state index in [1.54, 1.807) is 4.90 Å². The summed E-state index contributed by atoms with van der Waals surface area (Å²) in [6, 6.07) is 20.6. The minimum absolute atomic E-state index is 0.0248. The SMILES string of the molecule is CCN1CN(C)C(=O)N(c2snc(Cc3ccccc3)c2-c2ccccc2)C1. The van der Waals surface area contributed by atoms with E-state index in [1.807, 2.05) is 48.3 Å². The Kier molecular flexibility index (Phi) is 5.41. The standard InChI is InChI=1S/C22H24N4OS/c1-3-25-15-24(2)22(27)26(16-25)21-20(18-12-8-5-9-13-18)19(23-28-21)14-17-10-6-4-7-11-17/h4-13H,3,14-16H2,1-2H3. The van der Waals surface area contributed by atoms with Crippen LogP contribution in [0.1, 0.15) is 18.2 Å². The summed E-state index contributed by atoms with van der Waals surface area (Å²) in [6.45, 7) is 4.26. The summed E-state index contributed by atoms with van der Waals surface area (Å²) < 4.78 is 4.78. The molecule has 144 valence electrons. The van der Waals surface area contributed by atoms with Crippen molar-refractivity contribution in [2.24, 2.45) is 0 Å². The van der Waals surface area contributed by atoms with Crippen LogP contribution in [-0.4, -0.2) is 47.1 Å². The lowest BCUT2D eigenvalue weighted by atomic mass is 10.0. The van der Waals surface area contributed by atoms with Crippen LogP contribution in [0.3, 0.4) is 0 Å². The molecule has 6 heteroatoms. The predicted molar refractivity (Wildman–Crippen MR) is 115 cm³/mol. The van der Waals surface area contributed by atoms with Gasteiger partial charge < -0.3 is 4.90 Å². The van der Waals surface area contributed by atoms with Gasteiger partial charge in [0.2, 0.25) is 0 Å². The van der Waals surface area contributed by atoms with Crippen molar-refractivity contribution in [3.63, 3.8) is 0 Å². The number of hydrogen-bond donors (Lipinski definition) is 0. The summed E-state index contributed by atoms with van der Waals surface area (Å²) >= 11 is 1.42. The van der Waals surface area contributed by atoms with E-state index >= 15 is 0 Å². The van der Waals surface area contributed by atoms with Crippen molar-refractivity contribution in [3.05, 3.63) is 71.9 Å². The van der Waals surface area contributed by atoms with Crippen molar-refractivity contribution in [1.82, 2.24) is 14.2 Å². The lowest BCUT2D eigenvalue weighted by Crippen LogP contribution is -2.56. The van der Waals surface area contributed by atoms with Gasteiger partial charge in [-0.25, -0.2) is 4.79 Å². The summed E-state index contributed by atoms with van der Waals surface area (Å²) in [7, 11) is 1.85. The lowest BCUT2D eigenvalue weighted by molar-refractivity contribution is 0.135. The Morgan fingerprint density at radius 3 is 2.36 bits per heavy atom. The monoisotopic (exact) mass is 392 g/mol. The van der Waals surface area contributed by atoms with Crippen molar-refractivity contribution in [2.45, 2.75) is 13.3 Å². The van der Waals surface area contributed by atoms with E-state index in [-0.39, 0.29) is 6.03 Å². The van der Waals surface area contributed by atoms with Crippen molar-refractivity contribution < 1.29 is 4.79 Å². The molecule has 0 aliphatic carbocycles. The molecule has 1 aliphatic rings. The fraction of sp³-hybridized carbons (Fsp3) is 0.273. The van der Waals surface area contributed by atoms with E-state index in [0.29, 0.717) is 13.3 Å². The fourth-order valence-electron chi connectivity index (χ4n) is 3.52.